The van der Waals surface area contributed by atoms with Crippen molar-refractivity contribution < 1.29 is 18.7 Å². The number of aryl methyl sites for hydroxylation is 1. The SMILES string of the molecule is Cc1occc1C(=O)Nc1nc(CC(=O)Nc2ccc(OCCCN(C)C)cc2)cs1. The monoisotopic (exact) mass is 442 g/mol. The fourth-order valence-electron chi connectivity index (χ4n) is 2.81. The van der Waals surface area contributed by atoms with Gasteiger partial charge in [-0.2, -0.15) is 0 Å². The number of nitrogens with zero attached hydrogens (tertiary/aromatic N) is 2. The molecule has 0 aliphatic heterocycles. The minimum atomic E-state index is -0.291. The van der Waals surface area contributed by atoms with Gasteiger partial charge in [0.25, 0.3) is 5.91 Å². The van der Waals surface area contributed by atoms with Crippen LogP contribution in [0.15, 0.2) is 46.4 Å². The molecule has 0 unspecified atom stereocenters. The van der Waals surface area contributed by atoms with Crippen LogP contribution in [0.25, 0.3) is 0 Å². The summed E-state index contributed by atoms with van der Waals surface area (Å²) in [6, 6.07) is 8.88. The second-order valence-electron chi connectivity index (χ2n) is 7.24. The minimum absolute atomic E-state index is 0.111. The number of carbonyl (C=O) groups is 2. The van der Waals surface area contributed by atoms with Gasteiger partial charge in [0.2, 0.25) is 5.91 Å². The van der Waals surface area contributed by atoms with Crippen molar-refractivity contribution in [3.05, 3.63) is 59.0 Å². The number of anilines is 2. The summed E-state index contributed by atoms with van der Waals surface area (Å²) in [6.07, 6.45) is 2.52. The number of benzene rings is 1. The first-order valence-electron chi connectivity index (χ1n) is 9.88. The van der Waals surface area contributed by atoms with Crippen molar-refractivity contribution in [2.24, 2.45) is 0 Å². The Morgan fingerprint density at radius 1 is 1.16 bits per heavy atom. The predicted molar refractivity (Wildman–Crippen MR) is 121 cm³/mol. The summed E-state index contributed by atoms with van der Waals surface area (Å²) in [5, 5.41) is 7.75. The molecule has 2 N–H and O–H groups in total. The number of rotatable bonds is 10. The minimum Gasteiger partial charge on any atom is -0.494 e. The van der Waals surface area contributed by atoms with E-state index in [0.717, 1.165) is 18.7 Å². The number of furan rings is 1. The van der Waals surface area contributed by atoms with E-state index in [-0.39, 0.29) is 18.2 Å². The van der Waals surface area contributed by atoms with Crippen LogP contribution in [0, 0.1) is 6.92 Å². The lowest BCUT2D eigenvalue weighted by Gasteiger charge is -2.11. The van der Waals surface area contributed by atoms with Gasteiger partial charge in [-0.15, -0.1) is 11.3 Å². The van der Waals surface area contributed by atoms with Crippen molar-refractivity contribution in [2.45, 2.75) is 19.8 Å². The molecule has 0 radical (unpaired) electrons. The lowest BCUT2D eigenvalue weighted by atomic mass is 10.2. The molecule has 2 amide bonds. The number of aromatic nitrogens is 1. The van der Waals surface area contributed by atoms with Gasteiger partial charge < -0.3 is 19.4 Å². The van der Waals surface area contributed by atoms with E-state index < -0.39 is 0 Å². The third-order valence-corrected chi connectivity index (χ3v) is 5.18. The zero-order chi connectivity index (χ0) is 22.2. The molecule has 0 atom stereocenters. The molecule has 0 saturated heterocycles. The van der Waals surface area contributed by atoms with E-state index in [4.69, 9.17) is 9.15 Å². The zero-order valence-electron chi connectivity index (χ0n) is 17.8. The molecule has 1 aromatic carbocycles. The Bertz CT molecular complexity index is 1010. The number of carbonyl (C=O) groups excluding carboxylic acids is 2. The lowest BCUT2D eigenvalue weighted by molar-refractivity contribution is -0.115. The number of amides is 2. The van der Waals surface area contributed by atoms with Crippen molar-refractivity contribution in [3.63, 3.8) is 0 Å². The average Bonchev–Trinajstić information content (AvgIpc) is 3.35. The van der Waals surface area contributed by atoms with Crippen LogP contribution in [0.5, 0.6) is 5.75 Å². The summed E-state index contributed by atoms with van der Waals surface area (Å²) in [5.41, 5.74) is 1.73. The highest BCUT2D eigenvalue weighted by atomic mass is 32.1. The molecule has 9 heteroatoms. The van der Waals surface area contributed by atoms with Crippen LogP contribution in [0.1, 0.15) is 28.2 Å². The first-order chi connectivity index (χ1) is 14.9. The molecule has 0 spiro atoms. The van der Waals surface area contributed by atoms with Crippen LogP contribution < -0.4 is 15.4 Å². The van der Waals surface area contributed by atoms with Gasteiger partial charge in [0.05, 0.1) is 30.5 Å². The van der Waals surface area contributed by atoms with Crippen LogP contribution in [-0.4, -0.2) is 48.9 Å². The largest absolute Gasteiger partial charge is 0.494 e. The highest BCUT2D eigenvalue weighted by Crippen LogP contribution is 2.20. The molecular weight excluding hydrogens is 416 g/mol. The molecule has 0 aliphatic rings. The van der Waals surface area contributed by atoms with Gasteiger partial charge in [-0.1, -0.05) is 0 Å². The van der Waals surface area contributed by atoms with Crippen molar-refractivity contribution in [3.8, 4) is 5.75 Å². The third kappa shape index (κ3) is 6.94. The molecule has 3 aromatic rings. The van der Waals surface area contributed by atoms with E-state index in [2.05, 4.69) is 20.5 Å². The van der Waals surface area contributed by atoms with Gasteiger partial charge >= 0.3 is 0 Å². The van der Waals surface area contributed by atoms with E-state index >= 15 is 0 Å². The van der Waals surface area contributed by atoms with Crippen LogP contribution >= 0.6 is 11.3 Å². The third-order valence-electron chi connectivity index (χ3n) is 4.37. The first kappa shape index (κ1) is 22.5. The Morgan fingerprint density at radius 3 is 2.61 bits per heavy atom. The van der Waals surface area contributed by atoms with Crippen LogP contribution in [-0.2, 0) is 11.2 Å². The van der Waals surface area contributed by atoms with Crippen molar-refractivity contribution >= 4 is 34.0 Å². The standard InChI is InChI=1S/C22H26N4O4S/c1-15-19(9-12-29-15)21(28)25-22-24-17(14-31-22)13-20(27)23-16-5-7-18(8-6-16)30-11-4-10-26(2)3/h5-9,12,14H,4,10-11,13H2,1-3H3,(H,23,27)(H,24,25,28). The predicted octanol–water partition coefficient (Wildman–Crippen LogP) is 3.81. The Morgan fingerprint density at radius 2 is 1.94 bits per heavy atom. The van der Waals surface area contributed by atoms with Gasteiger partial charge in [0, 0.05) is 17.6 Å². The normalized spacial score (nSPS) is 10.8. The van der Waals surface area contributed by atoms with Crippen LogP contribution in [0.4, 0.5) is 10.8 Å². The van der Waals surface area contributed by atoms with Crippen molar-refractivity contribution in [1.29, 1.82) is 0 Å². The van der Waals surface area contributed by atoms with Gasteiger partial charge in [-0.3, -0.25) is 14.9 Å². The summed E-state index contributed by atoms with van der Waals surface area (Å²) < 4.78 is 10.8. The fourth-order valence-corrected chi connectivity index (χ4v) is 3.51. The molecule has 2 heterocycles. The van der Waals surface area contributed by atoms with E-state index in [1.165, 1.54) is 17.6 Å². The number of ether oxygens (including phenoxy) is 1. The quantitative estimate of drug-likeness (QED) is 0.464. The Balaban J connectivity index is 1.45. The average molecular weight is 443 g/mol. The molecular formula is C22H26N4O4S. The lowest BCUT2D eigenvalue weighted by Crippen LogP contribution is -2.16. The van der Waals surface area contributed by atoms with Crippen LogP contribution in [0.3, 0.4) is 0 Å². The summed E-state index contributed by atoms with van der Waals surface area (Å²) in [7, 11) is 4.06. The second-order valence-corrected chi connectivity index (χ2v) is 8.10. The molecule has 8 nitrogen and oxygen atoms in total. The summed E-state index contributed by atoms with van der Waals surface area (Å²) in [4.78, 5) is 31.0. The highest BCUT2D eigenvalue weighted by molar-refractivity contribution is 7.14. The maximum Gasteiger partial charge on any atom is 0.260 e. The number of thiazole rings is 1. The van der Waals surface area contributed by atoms with Gasteiger partial charge in [-0.05, 0) is 57.8 Å². The Kier molecular flexibility index (Phi) is 7.80. The summed E-state index contributed by atoms with van der Waals surface area (Å²) in [6.45, 7) is 3.34. The summed E-state index contributed by atoms with van der Waals surface area (Å²) in [5.74, 6) is 0.831. The van der Waals surface area contributed by atoms with Gasteiger partial charge in [0.15, 0.2) is 5.13 Å². The molecule has 164 valence electrons. The van der Waals surface area contributed by atoms with E-state index in [1.807, 2.05) is 26.2 Å². The maximum atomic E-state index is 12.3. The van der Waals surface area contributed by atoms with Gasteiger partial charge in [0.1, 0.15) is 11.5 Å². The number of nitrogens with one attached hydrogen (secondary N) is 2. The maximum absolute atomic E-state index is 12.3. The van der Waals surface area contributed by atoms with E-state index in [9.17, 15) is 9.59 Å². The smallest absolute Gasteiger partial charge is 0.260 e. The highest BCUT2D eigenvalue weighted by Gasteiger charge is 2.14. The number of hydrogen-bond acceptors (Lipinski definition) is 7. The molecule has 0 bridgehead atoms. The van der Waals surface area contributed by atoms with Crippen LogP contribution in [0.2, 0.25) is 0 Å². The first-order valence-corrected chi connectivity index (χ1v) is 10.8. The molecule has 0 saturated carbocycles. The zero-order valence-corrected chi connectivity index (χ0v) is 18.6. The molecule has 31 heavy (non-hydrogen) atoms. The molecule has 0 aliphatic carbocycles. The Hall–Kier alpha value is -3.17. The molecule has 2 aromatic heterocycles. The topological polar surface area (TPSA) is 96.7 Å². The van der Waals surface area contributed by atoms with Gasteiger partial charge in [-0.25, -0.2) is 4.98 Å². The van der Waals surface area contributed by atoms with E-state index in [0.29, 0.717) is 34.4 Å². The number of hydrogen-bond donors (Lipinski definition) is 2. The second kappa shape index (κ2) is 10.7. The molecule has 3 rings (SSSR count). The van der Waals surface area contributed by atoms with Crippen molar-refractivity contribution in [1.82, 2.24) is 9.88 Å². The fraction of sp³-hybridized carbons (Fsp3) is 0.318. The Labute approximate surface area is 185 Å². The van der Waals surface area contributed by atoms with Crippen molar-refractivity contribution in [2.75, 3.05) is 37.9 Å². The molecule has 0 fully saturated rings. The van der Waals surface area contributed by atoms with E-state index in [1.54, 1.807) is 30.5 Å². The summed E-state index contributed by atoms with van der Waals surface area (Å²) >= 11 is 1.27.